The Morgan fingerprint density at radius 3 is 2.54 bits per heavy atom. The molecular weight excluding hydrogens is 352 g/mol. The minimum Gasteiger partial charge on any atom is -0.493 e. The first kappa shape index (κ1) is 20.2. The molecule has 5 nitrogen and oxygen atoms in total. The summed E-state index contributed by atoms with van der Waals surface area (Å²) in [6.07, 6.45) is 0.935. The number of nitrogens with one attached hydrogen (secondary N) is 1. The van der Waals surface area contributed by atoms with Crippen LogP contribution in [0.15, 0.2) is 36.4 Å². The second kappa shape index (κ2) is 8.65. The maximum Gasteiger partial charge on any atom is 0.217 e. The van der Waals surface area contributed by atoms with Crippen molar-refractivity contribution in [1.29, 1.82) is 0 Å². The Bertz CT molecular complexity index is 850. The first-order chi connectivity index (χ1) is 13.4. The van der Waals surface area contributed by atoms with Crippen LogP contribution in [0, 0.1) is 6.92 Å². The standard InChI is InChI=1S/C23H30N2O3/c1-15-8-6-7-9-19(15)14-25-11-10-18-12-21(27-4)22(28-5)13-20(18)23(25)16(2)24-17(3)26/h6-9,12-13,16,23H,10-11,14H2,1-5H3,(H,24,26). The second-order valence-electron chi connectivity index (χ2n) is 7.49. The van der Waals surface area contributed by atoms with Gasteiger partial charge in [0, 0.05) is 26.1 Å². The first-order valence-electron chi connectivity index (χ1n) is 9.75. The van der Waals surface area contributed by atoms with Crippen LogP contribution in [0.5, 0.6) is 11.5 Å². The number of rotatable bonds is 6. The van der Waals surface area contributed by atoms with Crippen molar-refractivity contribution in [1.82, 2.24) is 10.2 Å². The molecule has 0 aromatic heterocycles. The average molecular weight is 383 g/mol. The quantitative estimate of drug-likeness (QED) is 0.829. The lowest BCUT2D eigenvalue weighted by molar-refractivity contribution is -0.120. The van der Waals surface area contributed by atoms with Crippen LogP contribution in [0.1, 0.15) is 42.1 Å². The lowest BCUT2D eigenvalue weighted by Crippen LogP contribution is -2.46. The number of hydrogen-bond acceptors (Lipinski definition) is 4. The fourth-order valence-corrected chi connectivity index (χ4v) is 4.20. The first-order valence-corrected chi connectivity index (χ1v) is 9.75. The molecule has 2 aromatic carbocycles. The zero-order valence-electron chi connectivity index (χ0n) is 17.4. The van der Waals surface area contributed by atoms with E-state index in [0.29, 0.717) is 0 Å². The molecule has 0 aliphatic carbocycles. The summed E-state index contributed by atoms with van der Waals surface area (Å²) in [6.45, 7) is 7.55. The number of amides is 1. The van der Waals surface area contributed by atoms with Crippen LogP contribution in [-0.2, 0) is 17.8 Å². The molecule has 5 heteroatoms. The van der Waals surface area contributed by atoms with Crippen LogP contribution < -0.4 is 14.8 Å². The van der Waals surface area contributed by atoms with Gasteiger partial charge in [0.1, 0.15) is 0 Å². The third kappa shape index (κ3) is 4.14. The number of methoxy groups -OCH3 is 2. The van der Waals surface area contributed by atoms with E-state index < -0.39 is 0 Å². The number of aryl methyl sites for hydroxylation is 1. The Morgan fingerprint density at radius 2 is 1.89 bits per heavy atom. The predicted octanol–water partition coefficient (Wildman–Crippen LogP) is 3.64. The Morgan fingerprint density at radius 1 is 1.21 bits per heavy atom. The lowest BCUT2D eigenvalue weighted by Gasteiger charge is -2.41. The molecule has 1 aliphatic heterocycles. The maximum atomic E-state index is 11.8. The van der Waals surface area contributed by atoms with Gasteiger partial charge in [-0.15, -0.1) is 0 Å². The summed E-state index contributed by atoms with van der Waals surface area (Å²) in [6, 6.07) is 12.7. The Hall–Kier alpha value is -2.53. The van der Waals surface area contributed by atoms with Crippen molar-refractivity contribution >= 4 is 5.91 Å². The number of nitrogens with zero attached hydrogens (tertiary/aromatic N) is 1. The van der Waals surface area contributed by atoms with Gasteiger partial charge >= 0.3 is 0 Å². The van der Waals surface area contributed by atoms with Crippen molar-refractivity contribution in [3.8, 4) is 11.5 Å². The Balaban J connectivity index is 2.02. The van der Waals surface area contributed by atoms with Crippen molar-refractivity contribution in [2.75, 3.05) is 20.8 Å². The van der Waals surface area contributed by atoms with E-state index in [1.165, 1.54) is 22.3 Å². The molecule has 0 fully saturated rings. The van der Waals surface area contributed by atoms with E-state index in [2.05, 4.69) is 60.5 Å². The summed E-state index contributed by atoms with van der Waals surface area (Å²) in [5.74, 6) is 1.45. The van der Waals surface area contributed by atoms with E-state index in [9.17, 15) is 4.79 Å². The monoisotopic (exact) mass is 382 g/mol. The van der Waals surface area contributed by atoms with Gasteiger partial charge in [0.25, 0.3) is 0 Å². The zero-order valence-corrected chi connectivity index (χ0v) is 17.4. The zero-order chi connectivity index (χ0) is 20.3. The van der Waals surface area contributed by atoms with E-state index in [-0.39, 0.29) is 18.0 Å². The second-order valence-corrected chi connectivity index (χ2v) is 7.49. The van der Waals surface area contributed by atoms with Crippen LogP contribution in [0.2, 0.25) is 0 Å². The van der Waals surface area contributed by atoms with Gasteiger partial charge in [-0.25, -0.2) is 0 Å². The van der Waals surface area contributed by atoms with Gasteiger partial charge in [-0.2, -0.15) is 0 Å². The van der Waals surface area contributed by atoms with Crippen molar-refractivity contribution in [3.63, 3.8) is 0 Å². The molecule has 2 atom stereocenters. The molecular formula is C23H30N2O3. The SMILES string of the molecule is COc1cc2c(cc1OC)C(C(C)NC(C)=O)N(Cc1ccccc1C)CC2. The van der Waals surface area contributed by atoms with Gasteiger partial charge in [-0.05, 0) is 54.7 Å². The van der Waals surface area contributed by atoms with Gasteiger partial charge in [0.15, 0.2) is 11.5 Å². The van der Waals surface area contributed by atoms with Crippen LogP contribution in [0.25, 0.3) is 0 Å². The largest absolute Gasteiger partial charge is 0.493 e. The highest BCUT2D eigenvalue weighted by Gasteiger charge is 2.33. The Labute approximate surface area is 167 Å². The molecule has 1 heterocycles. The Kier molecular flexibility index (Phi) is 6.25. The number of hydrogen-bond donors (Lipinski definition) is 1. The number of benzene rings is 2. The van der Waals surface area contributed by atoms with Crippen molar-refractivity contribution in [3.05, 3.63) is 58.7 Å². The predicted molar refractivity (Wildman–Crippen MR) is 111 cm³/mol. The molecule has 3 rings (SSSR count). The smallest absolute Gasteiger partial charge is 0.217 e. The van der Waals surface area contributed by atoms with E-state index in [1.54, 1.807) is 21.1 Å². The number of carbonyl (C=O) groups excluding carboxylic acids is 1. The summed E-state index contributed by atoms with van der Waals surface area (Å²) in [4.78, 5) is 14.2. The van der Waals surface area contributed by atoms with E-state index in [0.717, 1.165) is 31.0 Å². The molecule has 0 saturated heterocycles. The van der Waals surface area contributed by atoms with Gasteiger partial charge in [0.05, 0.1) is 20.3 Å². The molecule has 0 radical (unpaired) electrons. The third-order valence-electron chi connectivity index (χ3n) is 5.57. The number of carbonyl (C=O) groups is 1. The van der Waals surface area contributed by atoms with Gasteiger partial charge in [-0.1, -0.05) is 24.3 Å². The molecule has 1 N–H and O–H groups in total. The molecule has 1 amide bonds. The van der Waals surface area contributed by atoms with Crippen LogP contribution in [0.4, 0.5) is 0 Å². The third-order valence-corrected chi connectivity index (χ3v) is 5.57. The highest BCUT2D eigenvalue weighted by atomic mass is 16.5. The van der Waals surface area contributed by atoms with Crippen molar-refractivity contribution < 1.29 is 14.3 Å². The molecule has 28 heavy (non-hydrogen) atoms. The van der Waals surface area contributed by atoms with E-state index >= 15 is 0 Å². The lowest BCUT2D eigenvalue weighted by atomic mass is 9.87. The summed E-state index contributed by atoms with van der Waals surface area (Å²) in [7, 11) is 3.32. The molecule has 0 spiro atoms. The normalized spacial score (nSPS) is 17.5. The van der Waals surface area contributed by atoms with Gasteiger partial charge in [-0.3, -0.25) is 9.69 Å². The highest BCUT2D eigenvalue weighted by Crippen LogP contribution is 2.40. The minimum absolute atomic E-state index is 0.0176. The fraction of sp³-hybridized carbons (Fsp3) is 0.435. The summed E-state index contributed by atoms with van der Waals surface area (Å²) in [5, 5.41) is 3.10. The summed E-state index contributed by atoms with van der Waals surface area (Å²) < 4.78 is 11.0. The molecule has 0 saturated carbocycles. The number of fused-ring (bicyclic) bond motifs is 1. The van der Waals surface area contributed by atoms with Gasteiger partial charge < -0.3 is 14.8 Å². The van der Waals surface area contributed by atoms with Crippen molar-refractivity contribution in [2.45, 2.75) is 45.8 Å². The molecule has 2 unspecified atom stereocenters. The minimum atomic E-state index is -0.0290. The van der Waals surface area contributed by atoms with E-state index in [1.807, 2.05) is 0 Å². The topological polar surface area (TPSA) is 50.8 Å². The van der Waals surface area contributed by atoms with Crippen LogP contribution in [-0.4, -0.2) is 37.6 Å². The summed E-state index contributed by atoms with van der Waals surface area (Å²) >= 11 is 0. The summed E-state index contributed by atoms with van der Waals surface area (Å²) in [5.41, 5.74) is 5.04. The molecule has 1 aliphatic rings. The number of ether oxygens (including phenoxy) is 2. The van der Waals surface area contributed by atoms with Crippen LogP contribution >= 0.6 is 0 Å². The van der Waals surface area contributed by atoms with E-state index in [4.69, 9.17) is 9.47 Å². The molecule has 0 bridgehead atoms. The maximum absolute atomic E-state index is 11.8. The molecule has 150 valence electrons. The average Bonchev–Trinajstić information content (AvgIpc) is 2.67. The van der Waals surface area contributed by atoms with Crippen LogP contribution in [0.3, 0.4) is 0 Å². The fourth-order valence-electron chi connectivity index (χ4n) is 4.20. The molecule has 2 aromatic rings. The highest BCUT2D eigenvalue weighted by molar-refractivity contribution is 5.73. The van der Waals surface area contributed by atoms with Crippen molar-refractivity contribution in [2.24, 2.45) is 0 Å². The van der Waals surface area contributed by atoms with Gasteiger partial charge in [0.2, 0.25) is 5.91 Å².